The van der Waals surface area contributed by atoms with Crippen LogP contribution in [-0.4, -0.2) is 44.0 Å². The average Bonchev–Trinajstić information content (AvgIpc) is 3.04. The van der Waals surface area contributed by atoms with Gasteiger partial charge in [-0.15, -0.1) is 0 Å². The first kappa shape index (κ1) is 21.8. The molecule has 0 heterocycles. The maximum atomic E-state index is 12.2. The first-order chi connectivity index (χ1) is 14.3. The monoisotopic (exact) mass is 411 g/mol. The molecule has 1 aliphatic carbocycles. The molecule has 1 amide bonds. The highest BCUT2D eigenvalue weighted by molar-refractivity contribution is 5.79. The number of carbonyl (C=O) groups is 2. The molecular weight excluding hydrogens is 382 g/mol. The topological polar surface area (TPSA) is 73.9 Å². The number of nitrogens with one attached hydrogen (secondary N) is 1. The van der Waals surface area contributed by atoms with Gasteiger partial charge in [0.25, 0.3) is 0 Å². The lowest BCUT2D eigenvalue weighted by molar-refractivity contribution is -0.163. The highest BCUT2D eigenvalue weighted by atomic mass is 16.6. The predicted octanol–water partition coefficient (Wildman–Crippen LogP) is 4.27. The SMILES string of the molecule is COC(=O)[C@@H](CCNC(=O)OCC1c2ccccc2-c2ccccc21)OC(C)(C)C. The Morgan fingerprint density at radius 2 is 1.57 bits per heavy atom. The van der Waals surface area contributed by atoms with E-state index >= 15 is 0 Å². The molecule has 30 heavy (non-hydrogen) atoms. The number of ether oxygens (including phenoxy) is 3. The van der Waals surface area contributed by atoms with Gasteiger partial charge in [-0.3, -0.25) is 0 Å². The van der Waals surface area contributed by atoms with Crippen LogP contribution in [0.4, 0.5) is 4.79 Å². The van der Waals surface area contributed by atoms with Gasteiger partial charge in [-0.2, -0.15) is 0 Å². The zero-order valence-corrected chi connectivity index (χ0v) is 17.9. The predicted molar refractivity (Wildman–Crippen MR) is 114 cm³/mol. The zero-order chi connectivity index (χ0) is 21.7. The van der Waals surface area contributed by atoms with Crippen LogP contribution >= 0.6 is 0 Å². The summed E-state index contributed by atoms with van der Waals surface area (Å²) in [6.07, 6.45) is -0.964. The lowest BCUT2D eigenvalue weighted by atomic mass is 9.98. The molecule has 6 nitrogen and oxygen atoms in total. The Kier molecular flexibility index (Phi) is 6.77. The van der Waals surface area contributed by atoms with Gasteiger partial charge in [-0.05, 0) is 43.0 Å². The third-order valence-corrected chi connectivity index (χ3v) is 4.98. The normalized spacial score (nSPS) is 13.9. The van der Waals surface area contributed by atoms with E-state index in [0.29, 0.717) is 6.42 Å². The van der Waals surface area contributed by atoms with Gasteiger partial charge in [0.15, 0.2) is 6.10 Å². The van der Waals surface area contributed by atoms with Crippen LogP contribution in [0.2, 0.25) is 0 Å². The molecule has 0 aromatic heterocycles. The highest BCUT2D eigenvalue weighted by Crippen LogP contribution is 2.44. The van der Waals surface area contributed by atoms with Crippen molar-refractivity contribution in [1.82, 2.24) is 5.32 Å². The smallest absolute Gasteiger partial charge is 0.407 e. The number of rotatable bonds is 7. The van der Waals surface area contributed by atoms with Crippen molar-refractivity contribution in [2.45, 2.75) is 44.8 Å². The lowest BCUT2D eigenvalue weighted by Gasteiger charge is -2.25. The minimum atomic E-state index is -0.746. The molecule has 0 saturated heterocycles. The molecule has 1 N–H and O–H groups in total. The molecule has 160 valence electrons. The quantitative estimate of drug-likeness (QED) is 0.689. The fourth-order valence-electron chi connectivity index (χ4n) is 3.74. The first-order valence-corrected chi connectivity index (χ1v) is 10.1. The number of esters is 1. The van der Waals surface area contributed by atoms with Crippen molar-refractivity contribution in [2.24, 2.45) is 0 Å². The van der Waals surface area contributed by atoms with Gasteiger partial charge in [-0.25, -0.2) is 9.59 Å². The Labute approximate surface area is 177 Å². The molecule has 2 aromatic rings. The van der Waals surface area contributed by atoms with Gasteiger partial charge in [0.2, 0.25) is 0 Å². The molecule has 0 unspecified atom stereocenters. The molecule has 0 fully saturated rings. The molecule has 1 aliphatic rings. The standard InChI is InChI=1S/C24H29NO5/c1-24(2,3)30-21(22(26)28-4)13-14-25-23(27)29-15-20-18-11-7-5-9-16(18)17-10-6-8-12-19(17)20/h5-12,20-21H,13-15H2,1-4H3,(H,25,27)/t21-/m1/s1. The van der Waals surface area contributed by atoms with E-state index in [1.807, 2.05) is 45.0 Å². The van der Waals surface area contributed by atoms with Gasteiger partial charge in [0.1, 0.15) is 6.61 Å². The van der Waals surface area contributed by atoms with Crippen LogP contribution in [-0.2, 0) is 19.0 Å². The van der Waals surface area contributed by atoms with Crippen LogP contribution in [0.15, 0.2) is 48.5 Å². The van der Waals surface area contributed by atoms with Crippen LogP contribution in [0.25, 0.3) is 11.1 Å². The number of hydrogen-bond acceptors (Lipinski definition) is 5. The van der Waals surface area contributed by atoms with E-state index in [1.165, 1.54) is 18.2 Å². The molecule has 3 rings (SSSR count). The van der Waals surface area contributed by atoms with Gasteiger partial charge >= 0.3 is 12.1 Å². The summed E-state index contributed by atoms with van der Waals surface area (Å²) in [5.74, 6) is -0.450. The van der Waals surface area contributed by atoms with Crippen molar-refractivity contribution in [1.29, 1.82) is 0 Å². The molecule has 0 bridgehead atoms. The Bertz CT molecular complexity index is 857. The third-order valence-electron chi connectivity index (χ3n) is 4.98. The number of benzene rings is 2. The number of fused-ring (bicyclic) bond motifs is 3. The maximum absolute atomic E-state index is 12.2. The van der Waals surface area contributed by atoms with E-state index in [2.05, 4.69) is 29.6 Å². The van der Waals surface area contributed by atoms with E-state index in [9.17, 15) is 9.59 Å². The molecule has 6 heteroatoms. The van der Waals surface area contributed by atoms with Crippen molar-refractivity contribution in [3.63, 3.8) is 0 Å². The van der Waals surface area contributed by atoms with Crippen molar-refractivity contribution < 1.29 is 23.8 Å². The number of carbonyl (C=O) groups excluding carboxylic acids is 2. The van der Waals surface area contributed by atoms with Gasteiger partial charge < -0.3 is 19.5 Å². The molecule has 1 atom stereocenters. The molecule has 0 spiro atoms. The lowest BCUT2D eigenvalue weighted by Crippen LogP contribution is -2.37. The minimum absolute atomic E-state index is 0.00944. The second-order valence-electron chi connectivity index (χ2n) is 8.28. The van der Waals surface area contributed by atoms with E-state index < -0.39 is 23.8 Å². The van der Waals surface area contributed by atoms with Crippen LogP contribution in [0, 0.1) is 0 Å². The van der Waals surface area contributed by atoms with Crippen LogP contribution in [0.3, 0.4) is 0 Å². The van der Waals surface area contributed by atoms with E-state index in [0.717, 1.165) is 11.1 Å². The summed E-state index contributed by atoms with van der Waals surface area (Å²) in [7, 11) is 1.32. The van der Waals surface area contributed by atoms with Crippen molar-refractivity contribution in [3.8, 4) is 11.1 Å². The van der Waals surface area contributed by atoms with Crippen LogP contribution in [0.1, 0.15) is 44.2 Å². The molecule has 0 saturated carbocycles. The maximum Gasteiger partial charge on any atom is 0.407 e. The van der Waals surface area contributed by atoms with Crippen LogP contribution in [0.5, 0.6) is 0 Å². The summed E-state index contributed by atoms with van der Waals surface area (Å²) in [4.78, 5) is 24.1. The molecule has 0 radical (unpaired) electrons. The minimum Gasteiger partial charge on any atom is -0.467 e. The number of amides is 1. The van der Waals surface area contributed by atoms with E-state index in [-0.39, 0.29) is 19.1 Å². The second kappa shape index (κ2) is 9.30. The fourth-order valence-corrected chi connectivity index (χ4v) is 3.74. The molecular formula is C24H29NO5. The van der Waals surface area contributed by atoms with Gasteiger partial charge in [-0.1, -0.05) is 48.5 Å². The summed E-state index contributed by atoms with van der Waals surface area (Å²) in [6.45, 7) is 6.08. The van der Waals surface area contributed by atoms with Crippen molar-refractivity contribution >= 4 is 12.1 Å². The Morgan fingerprint density at radius 1 is 1.00 bits per heavy atom. The van der Waals surface area contributed by atoms with Gasteiger partial charge in [0.05, 0.1) is 12.7 Å². The van der Waals surface area contributed by atoms with Gasteiger partial charge in [0, 0.05) is 18.9 Å². The number of hydrogen-bond donors (Lipinski definition) is 1. The van der Waals surface area contributed by atoms with Crippen molar-refractivity contribution in [2.75, 3.05) is 20.3 Å². The number of alkyl carbamates (subject to hydrolysis) is 1. The highest BCUT2D eigenvalue weighted by Gasteiger charge is 2.29. The molecule has 2 aromatic carbocycles. The third kappa shape index (κ3) is 5.19. The average molecular weight is 411 g/mol. The van der Waals surface area contributed by atoms with Crippen LogP contribution < -0.4 is 5.32 Å². The largest absolute Gasteiger partial charge is 0.467 e. The number of methoxy groups -OCH3 is 1. The second-order valence-corrected chi connectivity index (χ2v) is 8.28. The Morgan fingerprint density at radius 3 is 2.10 bits per heavy atom. The van der Waals surface area contributed by atoms with E-state index in [1.54, 1.807) is 0 Å². The summed E-state index contributed by atoms with van der Waals surface area (Å²) < 4.78 is 16.0. The Balaban J connectivity index is 1.54. The Hall–Kier alpha value is -2.86. The molecule has 0 aliphatic heterocycles. The van der Waals surface area contributed by atoms with Crippen molar-refractivity contribution in [3.05, 3.63) is 59.7 Å². The summed E-state index contributed by atoms with van der Waals surface area (Å²) in [5.41, 5.74) is 4.19. The first-order valence-electron chi connectivity index (χ1n) is 10.1. The summed E-state index contributed by atoms with van der Waals surface area (Å²) in [5, 5.41) is 2.70. The van der Waals surface area contributed by atoms with E-state index in [4.69, 9.17) is 14.2 Å². The summed E-state index contributed by atoms with van der Waals surface area (Å²) in [6, 6.07) is 16.4. The zero-order valence-electron chi connectivity index (χ0n) is 17.9. The summed E-state index contributed by atoms with van der Waals surface area (Å²) >= 11 is 0. The fraction of sp³-hybridized carbons (Fsp3) is 0.417.